The molecule has 2 N–H and O–H groups in total. The van der Waals surface area contributed by atoms with Gasteiger partial charge in [-0.05, 0) is 66.4 Å². The lowest BCUT2D eigenvalue weighted by Gasteiger charge is -2.16. The number of fused-ring (bicyclic) bond motifs is 1. The van der Waals surface area contributed by atoms with Crippen molar-refractivity contribution in [1.82, 2.24) is 14.9 Å². The number of benzene rings is 1. The number of pyridine rings is 2. The van der Waals surface area contributed by atoms with E-state index >= 15 is 0 Å². The predicted octanol–water partition coefficient (Wildman–Crippen LogP) is 3.83. The van der Waals surface area contributed by atoms with Gasteiger partial charge < -0.3 is 10.6 Å². The van der Waals surface area contributed by atoms with Crippen LogP contribution in [0.15, 0.2) is 48.7 Å². The molecule has 2 aliphatic rings. The molecule has 1 aliphatic heterocycles. The zero-order valence-electron chi connectivity index (χ0n) is 15.9. The second-order valence-electron chi connectivity index (χ2n) is 7.82. The van der Waals surface area contributed by atoms with Crippen molar-refractivity contribution in [2.45, 2.75) is 38.3 Å². The number of aromatic nitrogens is 2. The molecule has 29 heavy (non-hydrogen) atoms. The van der Waals surface area contributed by atoms with Gasteiger partial charge in [0, 0.05) is 36.5 Å². The van der Waals surface area contributed by atoms with E-state index in [-0.39, 0.29) is 18.1 Å². The van der Waals surface area contributed by atoms with Gasteiger partial charge in [0.15, 0.2) is 0 Å². The van der Waals surface area contributed by atoms with Crippen molar-refractivity contribution >= 4 is 11.6 Å². The van der Waals surface area contributed by atoms with E-state index in [0.717, 1.165) is 16.8 Å². The molecule has 1 saturated carbocycles. The van der Waals surface area contributed by atoms with Gasteiger partial charge in [0.25, 0.3) is 0 Å². The van der Waals surface area contributed by atoms with Crippen LogP contribution in [0.4, 0.5) is 10.1 Å². The highest BCUT2D eigenvalue weighted by molar-refractivity contribution is 5.81. The van der Waals surface area contributed by atoms with Gasteiger partial charge in [-0.15, -0.1) is 0 Å². The minimum absolute atomic E-state index is 0.00960. The number of hydrogen-bond acceptors (Lipinski definition) is 4. The normalized spacial score (nSPS) is 15.4. The monoisotopic (exact) mass is 388 g/mol. The molecular weight excluding hydrogens is 367 g/mol. The van der Waals surface area contributed by atoms with E-state index in [9.17, 15) is 9.18 Å². The molecule has 0 bridgehead atoms. The van der Waals surface area contributed by atoms with Crippen molar-refractivity contribution in [1.29, 1.82) is 0 Å². The minimum Gasteiger partial charge on any atom is -0.397 e. The summed E-state index contributed by atoms with van der Waals surface area (Å²) in [6.07, 6.45) is 4.48. The first-order chi connectivity index (χ1) is 14.1. The van der Waals surface area contributed by atoms with Gasteiger partial charge in [-0.3, -0.25) is 14.8 Å². The van der Waals surface area contributed by atoms with Gasteiger partial charge in [-0.1, -0.05) is 0 Å². The summed E-state index contributed by atoms with van der Waals surface area (Å²) in [4.78, 5) is 23.9. The molecule has 0 spiro atoms. The number of halogens is 1. The van der Waals surface area contributed by atoms with Crippen molar-refractivity contribution in [3.8, 4) is 11.3 Å². The summed E-state index contributed by atoms with van der Waals surface area (Å²) in [7, 11) is 0. The number of nitrogens with zero attached hydrogens (tertiary/aromatic N) is 3. The average molecular weight is 388 g/mol. The number of nitrogens with two attached hydrogens (primary N) is 1. The lowest BCUT2D eigenvalue weighted by Crippen LogP contribution is -2.27. The Bertz CT molecular complexity index is 1090. The van der Waals surface area contributed by atoms with E-state index in [1.807, 2.05) is 11.1 Å². The van der Waals surface area contributed by atoms with Gasteiger partial charge in [0.1, 0.15) is 5.82 Å². The fourth-order valence-corrected chi connectivity index (χ4v) is 3.77. The molecule has 3 aromatic rings. The lowest BCUT2D eigenvalue weighted by molar-refractivity contribution is -0.131. The number of rotatable bonds is 4. The molecule has 1 aromatic carbocycles. The van der Waals surface area contributed by atoms with Crippen molar-refractivity contribution in [2.75, 3.05) is 5.73 Å². The molecule has 6 heteroatoms. The van der Waals surface area contributed by atoms with Crippen LogP contribution >= 0.6 is 0 Å². The van der Waals surface area contributed by atoms with Crippen LogP contribution in [0.5, 0.6) is 0 Å². The number of anilines is 1. The van der Waals surface area contributed by atoms with Crippen LogP contribution in [0.3, 0.4) is 0 Å². The summed E-state index contributed by atoms with van der Waals surface area (Å²) in [6.45, 7) is 1.18. The minimum atomic E-state index is -0.299. The lowest BCUT2D eigenvalue weighted by atomic mass is 10.1. The standard InChI is InChI=1S/C23H21FN4O/c24-18-5-3-14(4-6-18)20-8-7-19(25)22(27-20)10-23(29)28-12-16-9-21(15-1-2-15)26-11-17(16)13-28/h3-9,11,15H,1-2,10,12-13,25H2. The molecule has 1 aliphatic carbocycles. The predicted molar refractivity (Wildman–Crippen MR) is 108 cm³/mol. The molecule has 0 radical (unpaired) electrons. The fraction of sp³-hybridized carbons (Fsp3) is 0.261. The van der Waals surface area contributed by atoms with Gasteiger partial charge >= 0.3 is 0 Å². The van der Waals surface area contributed by atoms with Crippen LogP contribution in [0.25, 0.3) is 11.3 Å². The molecule has 5 nitrogen and oxygen atoms in total. The summed E-state index contributed by atoms with van der Waals surface area (Å²) in [5.74, 6) is 0.292. The Morgan fingerprint density at radius 1 is 1.10 bits per heavy atom. The van der Waals surface area contributed by atoms with Crippen LogP contribution in [0, 0.1) is 5.82 Å². The Morgan fingerprint density at radius 2 is 1.86 bits per heavy atom. The van der Waals surface area contributed by atoms with Crippen molar-refractivity contribution in [3.63, 3.8) is 0 Å². The van der Waals surface area contributed by atoms with E-state index < -0.39 is 0 Å². The molecule has 5 rings (SSSR count). The van der Waals surface area contributed by atoms with Crippen molar-refractivity contribution < 1.29 is 9.18 Å². The topological polar surface area (TPSA) is 72.1 Å². The quantitative estimate of drug-likeness (QED) is 0.737. The molecule has 1 amide bonds. The van der Waals surface area contributed by atoms with Crippen molar-refractivity contribution in [2.24, 2.45) is 0 Å². The molecule has 0 saturated heterocycles. The summed E-state index contributed by atoms with van der Waals surface area (Å²) in [6, 6.07) is 11.8. The first kappa shape index (κ1) is 17.8. The highest BCUT2D eigenvalue weighted by Gasteiger charge is 2.29. The number of carbonyl (C=O) groups excluding carboxylic acids is 1. The second-order valence-corrected chi connectivity index (χ2v) is 7.82. The Hall–Kier alpha value is -3.28. The zero-order valence-corrected chi connectivity index (χ0v) is 15.9. The molecule has 0 unspecified atom stereocenters. The number of carbonyl (C=O) groups is 1. The van der Waals surface area contributed by atoms with Crippen LogP contribution < -0.4 is 5.73 Å². The summed E-state index contributed by atoms with van der Waals surface area (Å²) in [5, 5.41) is 0. The van der Waals surface area contributed by atoms with Gasteiger partial charge in [0.2, 0.25) is 5.91 Å². The van der Waals surface area contributed by atoms with E-state index in [0.29, 0.717) is 36.1 Å². The molecule has 2 aromatic heterocycles. The SMILES string of the molecule is Nc1ccc(-c2ccc(F)cc2)nc1CC(=O)N1Cc2cnc(C3CC3)cc2C1. The van der Waals surface area contributed by atoms with Crippen LogP contribution in [0.2, 0.25) is 0 Å². The molecule has 0 atom stereocenters. The Morgan fingerprint density at radius 3 is 2.62 bits per heavy atom. The Balaban J connectivity index is 1.33. The van der Waals surface area contributed by atoms with Gasteiger partial charge in [-0.2, -0.15) is 0 Å². The highest BCUT2D eigenvalue weighted by Crippen LogP contribution is 2.40. The Labute approximate surface area is 168 Å². The molecular formula is C23H21FN4O. The van der Waals surface area contributed by atoms with Crippen molar-refractivity contribution in [3.05, 3.63) is 77.0 Å². The summed E-state index contributed by atoms with van der Waals surface area (Å²) in [5.41, 5.74) is 12.0. The summed E-state index contributed by atoms with van der Waals surface area (Å²) < 4.78 is 13.2. The third-order valence-corrected chi connectivity index (χ3v) is 5.64. The third kappa shape index (κ3) is 3.58. The summed E-state index contributed by atoms with van der Waals surface area (Å²) >= 11 is 0. The van der Waals surface area contributed by atoms with Gasteiger partial charge in [-0.25, -0.2) is 4.39 Å². The van der Waals surface area contributed by atoms with Crippen LogP contribution in [-0.2, 0) is 24.3 Å². The maximum absolute atomic E-state index is 13.2. The maximum atomic E-state index is 13.2. The fourth-order valence-electron chi connectivity index (χ4n) is 3.77. The first-order valence-corrected chi connectivity index (χ1v) is 9.83. The van der Waals surface area contributed by atoms with E-state index in [2.05, 4.69) is 16.0 Å². The van der Waals surface area contributed by atoms with Crippen LogP contribution in [-0.4, -0.2) is 20.8 Å². The number of nitrogen functional groups attached to an aromatic ring is 1. The molecule has 146 valence electrons. The molecule has 3 heterocycles. The first-order valence-electron chi connectivity index (χ1n) is 9.83. The van der Waals surface area contributed by atoms with Gasteiger partial charge in [0.05, 0.1) is 23.5 Å². The third-order valence-electron chi connectivity index (χ3n) is 5.64. The zero-order chi connectivity index (χ0) is 20.0. The number of hydrogen-bond donors (Lipinski definition) is 1. The Kier molecular flexibility index (Phi) is 4.27. The smallest absolute Gasteiger partial charge is 0.229 e. The van der Waals surface area contributed by atoms with E-state index in [4.69, 9.17) is 5.73 Å². The van der Waals surface area contributed by atoms with E-state index in [1.54, 1.807) is 24.3 Å². The second kappa shape index (κ2) is 6.95. The maximum Gasteiger partial charge on any atom is 0.229 e. The van der Waals surface area contributed by atoms with Crippen LogP contribution in [0.1, 0.15) is 41.3 Å². The largest absolute Gasteiger partial charge is 0.397 e. The average Bonchev–Trinajstić information content (AvgIpc) is 3.48. The molecule has 1 fully saturated rings. The number of amides is 1. The highest BCUT2D eigenvalue weighted by atomic mass is 19.1. The van der Waals surface area contributed by atoms with E-state index in [1.165, 1.54) is 30.5 Å².